The zero-order valence-electron chi connectivity index (χ0n) is 36.5. The third-order valence-corrected chi connectivity index (χ3v) is 11.5. The maximum absolute atomic E-state index is 12.9. The van der Waals surface area contributed by atoms with Gasteiger partial charge in [0.25, 0.3) is 0 Å². The number of nitrogens with one attached hydrogen (secondary N) is 1. The van der Waals surface area contributed by atoms with Crippen LogP contribution >= 0.6 is 7.82 Å². The Morgan fingerprint density at radius 2 is 1.00 bits per heavy atom. The highest BCUT2D eigenvalue weighted by Crippen LogP contribution is 2.43. The number of hydrogen-bond donors (Lipinski definition) is 3. The van der Waals surface area contributed by atoms with Crippen molar-refractivity contribution >= 4 is 13.7 Å². The van der Waals surface area contributed by atoms with Crippen LogP contribution in [0.4, 0.5) is 0 Å². The second-order valence-electron chi connectivity index (χ2n) is 17.1. The SMILES string of the molecule is CCCCC/C=C/CCCC[C@@H](O)[C@H](COP(=O)(O)OCC[N+](C)(C)C)NC(=O)CCCCCCCCCCCCCCCCCCCCCCCCC. The summed E-state index contributed by atoms with van der Waals surface area (Å²) in [5.41, 5.74) is 0. The number of phosphoric ester groups is 1. The Bertz CT molecular complexity index is 896. The van der Waals surface area contributed by atoms with Gasteiger partial charge in [-0.3, -0.25) is 13.8 Å². The van der Waals surface area contributed by atoms with Crippen LogP contribution in [0.3, 0.4) is 0 Å². The minimum absolute atomic E-state index is 0.0718. The number of unbranched alkanes of at least 4 members (excludes halogenated alkanes) is 27. The van der Waals surface area contributed by atoms with Crippen LogP contribution in [0, 0.1) is 0 Å². The maximum Gasteiger partial charge on any atom is 0.472 e. The second-order valence-corrected chi connectivity index (χ2v) is 18.6. The van der Waals surface area contributed by atoms with Gasteiger partial charge in [0.1, 0.15) is 13.2 Å². The predicted octanol–water partition coefficient (Wildman–Crippen LogP) is 12.8. The van der Waals surface area contributed by atoms with Crippen LogP contribution < -0.4 is 5.32 Å². The van der Waals surface area contributed by atoms with E-state index in [-0.39, 0.29) is 19.1 Å². The maximum atomic E-state index is 12.9. The summed E-state index contributed by atoms with van der Waals surface area (Å²) in [6.45, 7) is 4.84. The second kappa shape index (κ2) is 37.8. The zero-order chi connectivity index (χ0) is 40.0. The number of aliphatic hydroxyl groups is 1. The van der Waals surface area contributed by atoms with E-state index in [0.717, 1.165) is 44.9 Å². The van der Waals surface area contributed by atoms with Gasteiger partial charge in [-0.15, -0.1) is 0 Å². The number of quaternary nitrogens is 1. The van der Waals surface area contributed by atoms with Crippen molar-refractivity contribution in [1.82, 2.24) is 5.32 Å². The van der Waals surface area contributed by atoms with Crippen molar-refractivity contribution in [3.8, 4) is 0 Å². The fraction of sp³-hybridized carbons (Fsp3) is 0.933. The van der Waals surface area contributed by atoms with E-state index in [9.17, 15) is 19.4 Å². The first-order valence-corrected chi connectivity index (χ1v) is 24.5. The summed E-state index contributed by atoms with van der Waals surface area (Å²) < 4.78 is 23.5. The van der Waals surface area contributed by atoms with Crippen molar-refractivity contribution in [3.05, 3.63) is 12.2 Å². The van der Waals surface area contributed by atoms with Crippen molar-refractivity contribution in [2.75, 3.05) is 40.9 Å². The lowest BCUT2D eigenvalue weighted by atomic mass is 10.0. The number of likely N-dealkylation sites (N-methyl/N-ethyl adjacent to an activating group) is 1. The number of phosphoric acid groups is 1. The number of hydrogen-bond acceptors (Lipinski definition) is 5. The molecule has 0 radical (unpaired) electrons. The van der Waals surface area contributed by atoms with Gasteiger partial charge in [-0.2, -0.15) is 0 Å². The Balaban J connectivity index is 4.12. The van der Waals surface area contributed by atoms with Crippen molar-refractivity contribution < 1.29 is 32.9 Å². The summed E-state index contributed by atoms with van der Waals surface area (Å²) in [7, 11) is 1.60. The van der Waals surface area contributed by atoms with Gasteiger partial charge in [0.15, 0.2) is 0 Å². The first-order chi connectivity index (χ1) is 26.0. The van der Waals surface area contributed by atoms with E-state index in [4.69, 9.17) is 9.05 Å². The van der Waals surface area contributed by atoms with Gasteiger partial charge in [0.2, 0.25) is 5.91 Å². The fourth-order valence-electron chi connectivity index (χ4n) is 6.81. The van der Waals surface area contributed by atoms with Crippen molar-refractivity contribution in [3.63, 3.8) is 0 Å². The molecule has 0 rings (SSSR count). The van der Waals surface area contributed by atoms with E-state index in [1.54, 1.807) is 0 Å². The van der Waals surface area contributed by atoms with Gasteiger partial charge in [-0.05, 0) is 38.5 Å². The first-order valence-electron chi connectivity index (χ1n) is 23.1. The molecular weight excluding hydrogens is 695 g/mol. The molecule has 0 aliphatic rings. The zero-order valence-corrected chi connectivity index (χ0v) is 37.4. The number of allylic oxidation sites excluding steroid dienone is 2. The van der Waals surface area contributed by atoms with Crippen LogP contribution in [-0.2, 0) is 18.4 Å². The molecule has 8 nitrogen and oxygen atoms in total. The van der Waals surface area contributed by atoms with Gasteiger partial charge in [0.05, 0.1) is 39.9 Å². The molecule has 1 amide bonds. The molecule has 0 fully saturated rings. The first kappa shape index (κ1) is 53.2. The smallest absolute Gasteiger partial charge is 0.391 e. The van der Waals surface area contributed by atoms with E-state index >= 15 is 0 Å². The molecule has 0 spiro atoms. The Hall–Kier alpha value is -0.760. The van der Waals surface area contributed by atoms with E-state index in [0.29, 0.717) is 23.9 Å². The molecular formula is C45H92N2O6P+. The molecule has 3 atom stereocenters. The van der Waals surface area contributed by atoms with Crippen LogP contribution in [0.5, 0.6) is 0 Å². The Morgan fingerprint density at radius 3 is 1.43 bits per heavy atom. The lowest BCUT2D eigenvalue weighted by Crippen LogP contribution is -2.46. The Labute approximate surface area is 335 Å². The van der Waals surface area contributed by atoms with Crippen LogP contribution in [0.1, 0.15) is 219 Å². The van der Waals surface area contributed by atoms with Gasteiger partial charge >= 0.3 is 7.82 Å². The van der Waals surface area contributed by atoms with Crippen LogP contribution in [0.2, 0.25) is 0 Å². The number of carbonyl (C=O) groups is 1. The fourth-order valence-corrected chi connectivity index (χ4v) is 7.54. The number of rotatable bonds is 42. The summed E-state index contributed by atoms with van der Waals surface area (Å²) in [5.74, 6) is -0.153. The summed E-state index contributed by atoms with van der Waals surface area (Å²) >= 11 is 0. The highest BCUT2D eigenvalue weighted by Gasteiger charge is 2.28. The van der Waals surface area contributed by atoms with Crippen LogP contribution in [0.15, 0.2) is 12.2 Å². The normalized spacial score (nSPS) is 14.4. The van der Waals surface area contributed by atoms with Crippen molar-refractivity contribution in [2.24, 2.45) is 0 Å². The minimum Gasteiger partial charge on any atom is -0.391 e. The molecule has 322 valence electrons. The average Bonchev–Trinajstić information content (AvgIpc) is 3.12. The largest absolute Gasteiger partial charge is 0.472 e. The molecule has 0 saturated heterocycles. The highest BCUT2D eigenvalue weighted by molar-refractivity contribution is 7.47. The topological polar surface area (TPSA) is 105 Å². The lowest BCUT2D eigenvalue weighted by molar-refractivity contribution is -0.870. The number of amides is 1. The molecule has 0 aromatic heterocycles. The third-order valence-electron chi connectivity index (χ3n) is 10.5. The monoisotopic (exact) mass is 788 g/mol. The molecule has 3 N–H and O–H groups in total. The molecule has 1 unspecified atom stereocenters. The summed E-state index contributed by atoms with van der Waals surface area (Å²) in [6.07, 6.45) is 42.6. The lowest BCUT2D eigenvalue weighted by Gasteiger charge is -2.26. The molecule has 0 aliphatic carbocycles. The molecule has 0 aromatic carbocycles. The van der Waals surface area contributed by atoms with Gasteiger partial charge < -0.3 is 19.8 Å². The standard InChI is InChI=1S/C45H91N2O6P/c1-6-8-10-12-14-16-17-18-19-20-21-22-23-24-25-26-27-28-29-31-33-35-37-39-45(49)46-43(42-53-54(50,51)52-41-40-47(3,4)5)44(48)38-36-34-32-30-15-13-11-9-7-2/h15,30,43-44,48H,6-14,16-29,31-42H2,1-5H3,(H-,46,49,50,51)/p+1/b30-15+/t43-,44+/m0/s1. The molecule has 0 bridgehead atoms. The minimum atomic E-state index is -4.31. The number of aliphatic hydroxyl groups excluding tert-OH is 1. The van der Waals surface area contributed by atoms with Gasteiger partial charge in [0, 0.05) is 6.42 Å². The van der Waals surface area contributed by atoms with Crippen molar-refractivity contribution in [1.29, 1.82) is 0 Å². The van der Waals surface area contributed by atoms with E-state index in [1.165, 1.54) is 148 Å². The quantitative estimate of drug-likeness (QED) is 0.0246. The summed E-state index contributed by atoms with van der Waals surface area (Å²) in [4.78, 5) is 23.1. The average molecular weight is 788 g/mol. The van der Waals surface area contributed by atoms with E-state index in [2.05, 4.69) is 31.3 Å². The molecule has 0 saturated carbocycles. The van der Waals surface area contributed by atoms with Crippen molar-refractivity contribution in [2.45, 2.75) is 231 Å². The molecule has 0 aliphatic heterocycles. The highest BCUT2D eigenvalue weighted by atomic mass is 31.2. The third kappa shape index (κ3) is 39.5. The Morgan fingerprint density at radius 1 is 0.611 bits per heavy atom. The molecule has 9 heteroatoms. The number of carbonyl (C=O) groups excluding carboxylic acids is 1. The predicted molar refractivity (Wildman–Crippen MR) is 231 cm³/mol. The molecule has 0 heterocycles. The van der Waals surface area contributed by atoms with E-state index < -0.39 is 20.0 Å². The number of nitrogens with zero attached hydrogens (tertiary/aromatic N) is 1. The summed E-state index contributed by atoms with van der Waals surface area (Å²) in [6, 6.07) is -0.769. The van der Waals surface area contributed by atoms with Crippen LogP contribution in [0.25, 0.3) is 0 Å². The molecule has 0 aromatic rings. The van der Waals surface area contributed by atoms with Crippen LogP contribution in [-0.4, -0.2) is 73.4 Å². The van der Waals surface area contributed by atoms with E-state index in [1.807, 2.05) is 21.1 Å². The Kier molecular flexibility index (Phi) is 37.3. The van der Waals surface area contributed by atoms with Gasteiger partial charge in [-0.25, -0.2) is 4.57 Å². The molecule has 54 heavy (non-hydrogen) atoms. The van der Waals surface area contributed by atoms with Gasteiger partial charge in [-0.1, -0.05) is 187 Å². The summed E-state index contributed by atoms with van der Waals surface area (Å²) in [5, 5.41) is 13.9.